The number of benzene rings is 3. The van der Waals surface area contributed by atoms with Crippen molar-refractivity contribution in [1.82, 2.24) is 14.3 Å². The topological polar surface area (TPSA) is 41.0 Å². The lowest BCUT2D eigenvalue weighted by atomic mass is 10.2. The molecular weight excluding hydrogens is 388 g/mol. The molecule has 0 bridgehead atoms. The number of hydrogen-bond donors (Lipinski definition) is 1. The highest BCUT2D eigenvalue weighted by atomic mass is 32.2. The van der Waals surface area contributed by atoms with Crippen LogP contribution in [-0.4, -0.2) is 14.3 Å². The van der Waals surface area contributed by atoms with Gasteiger partial charge in [-0.1, -0.05) is 72.8 Å². The van der Waals surface area contributed by atoms with Crippen molar-refractivity contribution < 1.29 is 0 Å². The van der Waals surface area contributed by atoms with Gasteiger partial charge in [-0.15, -0.1) is 0 Å². The summed E-state index contributed by atoms with van der Waals surface area (Å²) in [6, 6.07) is 31.7. The Kier molecular flexibility index (Phi) is 7.10. The molecule has 0 spiro atoms. The highest BCUT2D eigenvalue weighted by Gasteiger charge is 2.10. The first-order chi connectivity index (χ1) is 14.8. The number of aromatic nitrogens is 2. The largest absolute Gasteiger partial charge is 0.350 e. The zero-order valence-corrected chi connectivity index (χ0v) is 17.5. The third kappa shape index (κ3) is 6.17. The lowest BCUT2D eigenvalue weighted by molar-refractivity contribution is 0.462. The number of rotatable bonds is 9. The molecule has 0 fully saturated rings. The second-order valence-corrected chi connectivity index (χ2v) is 8.10. The second-order valence-electron chi connectivity index (χ2n) is 6.93. The quantitative estimate of drug-likeness (QED) is 0.352. The SMILES string of the molecule is c1ccc(CN(Cc2ccccc2)Sc2cccc(CNc3ncccn3)c2)cc1. The van der Waals surface area contributed by atoms with Gasteiger partial charge in [0, 0.05) is 36.9 Å². The predicted octanol–water partition coefficient (Wildman–Crippen LogP) is 5.80. The minimum absolute atomic E-state index is 0.644. The van der Waals surface area contributed by atoms with Crippen LogP contribution in [0, 0.1) is 0 Å². The Morgan fingerprint density at radius 2 is 1.27 bits per heavy atom. The molecule has 4 rings (SSSR count). The molecule has 0 saturated carbocycles. The maximum atomic E-state index is 4.22. The maximum Gasteiger partial charge on any atom is 0.222 e. The Bertz CT molecular complexity index is 985. The van der Waals surface area contributed by atoms with Crippen LogP contribution in [-0.2, 0) is 19.6 Å². The van der Waals surface area contributed by atoms with Crippen molar-refractivity contribution >= 4 is 17.9 Å². The lowest BCUT2D eigenvalue weighted by Crippen LogP contribution is -2.15. The zero-order chi connectivity index (χ0) is 20.4. The number of hydrogen-bond acceptors (Lipinski definition) is 5. The zero-order valence-electron chi connectivity index (χ0n) is 16.7. The summed E-state index contributed by atoms with van der Waals surface area (Å²) in [4.78, 5) is 9.66. The molecule has 0 atom stereocenters. The first-order valence-corrected chi connectivity index (χ1v) is 10.7. The van der Waals surface area contributed by atoms with E-state index in [0.717, 1.165) is 13.1 Å². The third-order valence-corrected chi connectivity index (χ3v) is 5.53. The Morgan fingerprint density at radius 3 is 1.90 bits per heavy atom. The molecule has 5 heteroatoms. The number of nitrogens with zero attached hydrogens (tertiary/aromatic N) is 3. The summed E-state index contributed by atoms with van der Waals surface area (Å²) >= 11 is 1.79. The van der Waals surface area contributed by atoms with E-state index >= 15 is 0 Å². The van der Waals surface area contributed by atoms with Crippen molar-refractivity contribution in [3.05, 3.63) is 120 Å². The summed E-state index contributed by atoms with van der Waals surface area (Å²) in [5.74, 6) is 0.644. The van der Waals surface area contributed by atoms with Gasteiger partial charge < -0.3 is 5.32 Å². The van der Waals surface area contributed by atoms with Gasteiger partial charge in [-0.2, -0.15) is 0 Å². The molecule has 30 heavy (non-hydrogen) atoms. The Labute approximate surface area is 182 Å². The molecule has 0 unspecified atom stereocenters. The summed E-state index contributed by atoms with van der Waals surface area (Å²) < 4.78 is 2.40. The molecule has 1 aromatic heterocycles. The van der Waals surface area contributed by atoms with Crippen molar-refractivity contribution in [2.45, 2.75) is 24.5 Å². The van der Waals surface area contributed by atoms with Crippen LogP contribution >= 0.6 is 11.9 Å². The minimum Gasteiger partial charge on any atom is -0.350 e. The second kappa shape index (κ2) is 10.6. The van der Waals surface area contributed by atoms with E-state index in [1.807, 2.05) is 6.07 Å². The summed E-state index contributed by atoms with van der Waals surface area (Å²) in [7, 11) is 0. The third-order valence-electron chi connectivity index (χ3n) is 4.55. The molecule has 0 aliphatic rings. The average Bonchev–Trinajstić information content (AvgIpc) is 2.80. The van der Waals surface area contributed by atoms with E-state index in [4.69, 9.17) is 0 Å². The van der Waals surface area contributed by atoms with Crippen molar-refractivity contribution in [3.8, 4) is 0 Å². The van der Waals surface area contributed by atoms with Gasteiger partial charge in [-0.05, 0) is 46.8 Å². The Balaban J connectivity index is 1.46. The van der Waals surface area contributed by atoms with E-state index in [2.05, 4.69) is 105 Å². The lowest BCUT2D eigenvalue weighted by Gasteiger charge is -2.22. The molecule has 1 heterocycles. The molecule has 0 aliphatic heterocycles. The van der Waals surface area contributed by atoms with Crippen LogP contribution in [0.3, 0.4) is 0 Å². The van der Waals surface area contributed by atoms with Crippen LogP contribution in [0.15, 0.2) is 108 Å². The van der Waals surface area contributed by atoms with Crippen LogP contribution in [0.1, 0.15) is 16.7 Å². The van der Waals surface area contributed by atoms with E-state index < -0.39 is 0 Å². The molecule has 0 aliphatic carbocycles. The van der Waals surface area contributed by atoms with Crippen molar-refractivity contribution in [3.63, 3.8) is 0 Å². The van der Waals surface area contributed by atoms with Crippen LogP contribution in [0.25, 0.3) is 0 Å². The van der Waals surface area contributed by atoms with Crippen molar-refractivity contribution in [2.75, 3.05) is 5.32 Å². The highest BCUT2D eigenvalue weighted by molar-refractivity contribution is 7.97. The van der Waals surface area contributed by atoms with Crippen molar-refractivity contribution in [1.29, 1.82) is 0 Å². The summed E-state index contributed by atoms with van der Waals surface area (Å²) in [5.41, 5.74) is 3.81. The fourth-order valence-electron chi connectivity index (χ4n) is 3.13. The van der Waals surface area contributed by atoms with Crippen LogP contribution in [0.5, 0.6) is 0 Å². The molecule has 0 saturated heterocycles. The highest BCUT2D eigenvalue weighted by Crippen LogP contribution is 2.27. The first-order valence-electron chi connectivity index (χ1n) is 9.96. The van der Waals surface area contributed by atoms with E-state index in [1.54, 1.807) is 24.3 Å². The molecule has 1 N–H and O–H groups in total. The van der Waals surface area contributed by atoms with E-state index in [0.29, 0.717) is 12.5 Å². The van der Waals surface area contributed by atoms with Crippen LogP contribution in [0.2, 0.25) is 0 Å². The summed E-state index contributed by atoms with van der Waals surface area (Å²) in [5, 5.41) is 3.28. The van der Waals surface area contributed by atoms with E-state index in [1.165, 1.54) is 21.6 Å². The molecular formula is C25H24N4S. The predicted molar refractivity (Wildman–Crippen MR) is 124 cm³/mol. The monoisotopic (exact) mass is 412 g/mol. The minimum atomic E-state index is 0.644. The van der Waals surface area contributed by atoms with Crippen LogP contribution in [0.4, 0.5) is 5.95 Å². The van der Waals surface area contributed by atoms with E-state index in [-0.39, 0.29) is 0 Å². The number of nitrogens with one attached hydrogen (secondary N) is 1. The summed E-state index contributed by atoms with van der Waals surface area (Å²) in [6.07, 6.45) is 3.49. The number of anilines is 1. The van der Waals surface area contributed by atoms with Gasteiger partial charge >= 0.3 is 0 Å². The smallest absolute Gasteiger partial charge is 0.222 e. The molecule has 150 valence electrons. The normalized spacial score (nSPS) is 10.8. The Hall–Kier alpha value is -3.15. The van der Waals surface area contributed by atoms with E-state index in [9.17, 15) is 0 Å². The van der Waals surface area contributed by atoms with Gasteiger partial charge in [0.05, 0.1) is 0 Å². The van der Waals surface area contributed by atoms with Crippen LogP contribution < -0.4 is 5.32 Å². The average molecular weight is 413 g/mol. The van der Waals surface area contributed by atoms with Crippen molar-refractivity contribution in [2.24, 2.45) is 0 Å². The molecule has 3 aromatic carbocycles. The first kappa shape index (κ1) is 20.1. The fraction of sp³-hybridized carbons (Fsp3) is 0.120. The standard InChI is InChI=1S/C25H24N4S/c1-3-9-21(10-4-1)19-29(20-22-11-5-2-6-12-22)30-24-14-7-13-23(17-24)18-28-25-26-15-8-16-27-25/h1-17H,18-20H2,(H,26,27,28). The van der Waals surface area contributed by atoms with Gasteiger partial charge in [0.25, 0.3) is 0 Å². The Morgan fingerprint density at radius 1 is 0.667 bits per heavy atom. The van der Waals surface area contributed by atoms with Gasteiger partial charge in [-0.3, -0.25) is 0 Å². The molecule has 4 aromatic rings. The fourth-order valence-corrected chi connectivity index (χ4v) is 4.20. The molecule has 4 nitrogen and oxygen atoms in total. The van der Waals surface area contributed by atoms with Gasteiger partial charge in [0.15, 0.2) is 0 Å². The summed E-state index contributed by atoms with van der Waals surface area (Å²) in [6.45, 7) is 2.44. The molecule has 0 amide bonds. The van der Waals surface area contributed by atoms with Gasteiger partial charge in [-0.25, -0.2) is 14.3 Å². The maximum absolute atomic E-state index is 4.22. The van der Waals surface area contributed by atoms with Gasteiger partial charge in [0.2, 0.25) is 5.95 Å². The van der Waals surface area contributed by atoms with Gasteiger partial charge in [0.1, 0.15) is 0 Å². The molecule has 0 radical (unpaired) electrons.